The van der Waals surface area contributed by atoms with Gasteiger partial charge in [0.1, 0.15) is 6.61 Å². The molecule has 0 saturated carbocycles. The highest BCUT2D eigenvalue weighted by atomic mass is 16.6. The number of piperidine rings is 1. The summed E-state index contributed by atoms with van der Waals surface area (Å²) in [4.78, 5) is 48.0. The summed E-state index contributed by atoms with van der Waals surface area (Å²) in [5.74, 6) is 0.113. The first kappa shape index (κ1) is 19.4. The number of nitrogens with one attached hydrogen (secondary N) is 1. The number of ether oxygens (including phenoxy) is 1. The van der Waals surface area contributed by atoms with Gasteiger partial charge in [0.05, 0.1) is 17.1 Å². The number of nitrogens with zero attached hydrogens (tertiary/aromatic N) is 3. The highest BCUT2D eigenvalue weighted by Gasteiger charge is 2.40. The predicted molar refractivity (Wildman–Crippen MR) is 108 cm³/mol. The Labute approximate surface area is 168 Å². The van der Waals surface area contributed by atoms with E-state index in [4.69, 9.17) is 4.74 Å². The van der Waals surface area contributed by atoms with Crippen molar-refractivity contribution in [3.8, 4) is 0 Å². The van der Waals surface area contributed by atoms with E-state index in [1.165, 1.54) is 0 Å². The standard InChI is InChI=1S/C21H26N4O4/c1-13(2)11-15-12-29-21(28)25(15)14-7-9-24(10-8-14)20(27)18-19(26)23-17-6-4-3-5-16(17)22-18/h3-6,13-15H,7-12H2,1-2H3,(H,23,26)/t15-/m1/s1. The summed E-state index contributed by atoms with van der Waals surface area (Å²) in [6.07, 6.45) is 1.98. The van der Waals surface area contributed by atoms with Gasteiger partial charge in [0.2, 0.25) is 0 Å². The molecule has 4 rings (SSSR count). The molecule has 2 aliphatic heterocycles. The van der Waals surface area contributed by atoms with Gasteiger partial charge in [0.15, 0.2) is 5.69 Å². The molecule has 0 bridgehead atoms. The Balaban J connectivity index is 1.46. The number of cyclic esters (lactones) is 1. The molecule has 1 atom stereocenters. The van der Waals surface area contributed by atoms with Crippen LogP contribution >= 0.6 is 0 Å². The first-order valence-corrected chi connectivity index (χ1v) is 10.2. The van der Waals surface area contributed by atoms with E-state index in [1.807, 2.05) is 17.0 Å². The number of aromatic amines is 1. The maximum atomic E-state index is 12.9. The second kappa shape index (κ2) is 7.85. The fourth-order valence-electron chi connectivity index (χ4n) is 4.32. The molecule has 1 N–H and O–H groups in total. The van der Waals surface area contributed by atoms with E-state index in [1.54, 1.807) is 17.0 Å². The van der Waals surface area contributed by atoms with Crippen LogP contribution in [0.1, 0.15) is 43.6 Å². The number of carbonyl (C=O) groups excluding carboxylic acids is 2. The first-order valence-electron chi connectivity index (χ1n) is 10.2. The molecule has 8 nitrogen and oxygen atoms in total. The third-order valence-electron chi connectivity index (χ3n) is 5.69. The number of para-hydroxylation sites is 2. The van der Waals surface area contributed by atoms with Gasteiger partial charge in [-0.1, -0.05) is 26.0 Å². The molecule has 8 heteroatoms. The number of aromatic nitrogens is 2. The Bertz CT molecular complexity index is 978. The molecule has 2 amide bonds. The lowest BCUT2D eigenvalue weighted by atomic mass is 9.98. The van der Waals surface area contributed by atoms with E-state index in [0.717, 1.165) is 6.42 Å². The molecule has 29 heavy (non-hydrogen) atoms. The molecule has 2 saturated heterocycles. The fraction of sp³-hybridized carbons (Fsp3) is 0.524. The molecule has 2 aliphatic rings. The lowest BCUT2D eigenvalue weighted by molar-refractivity contribution is 0.0623. The van der Waals surface area contributed by atoms with E-state index in [-0.39, 0.29) is 29.8 Å². The third-order valence-corrected chi connectivity index (χ3v) is 5.69. The van der Waals surface area contributed by atoms with Crippen LogP contribution in [0.2, 0.25) is 0 Å². The van der Waals surface area contributed by atoms with Crippen molar-refractivity contribution in [2.24, 2.45) is 5.92 Å². The molecule has 1 aromatic heterocycles. The van der Waals surface area contributed by atoms with Gasteiger partial charge in [-0.3, -0.25) is 14.5 Å². The van der Waals surface area contributed by atoms with Crippen molar-refractivity contribution in [3.63, 3.8) is 0 Å². The smallest absolute Gasteiger partial charge is 0.410 e. The summed E-state index contributed by atoms with van der Waals surface area (Å²) in [5, 5.41) is 0. The Kier molecular flexibility index (Phi) is 5.25. The van der Waals surface area contributed by atoms with E-state index in [9.17, 15) is 14.4 Å². The van der Waals surface area contributed by atoms with E-state index >= 15 is 0 Å². The van der Waals surface area contributed by atoms with E-state index in [2.05, 4.69) is 23.8 Å². The number of H-pyrrole nitrogens is 1. The van der Waals surface area contributed by atoms with Crippen LogP contribution in [-0.2, 0) is 4.74 Å². The molecule has 0 spiro atoms. The normalized spacial score (nSPS) is 20.5. The van der Waals surface area contributed by atoms with Crippen molar-refractivity contribution in [2.45, 2.75) is 45.2 Å². The minimum atomic E-state index is -0.476. The van der Waals surface area contributed by atoms with Gasteiger partial charge in [-0.2, -0.15) is 0 Å². The van der Waals surface area contributed by atoms with Crippen molar-refractivity contribution in [3.05, 3.63) is 40.3 Å². The topological polar surface area (TPSA) is 95.6 Å². The molecule has 1 aromatic carbocycles. The number of hydrogen-bond donors (Lipinski definition) is 1. The largest absolute Gasteiger partial charge is 0.447 e. The van der Waals surface area contributed by atoms with Gasteiger partial charge >= 0.3 is 6.09 Å². The van der Waals surface area contributed by atoms with Crippen LogP contribution in [0.5, 0.6) is 0 Å². The average Bonchev–Trinajstić information content (AvgIpc) is 3.06. The van der Waals surface area contributed by atoms with Gasteiger partial charge in [0.25, 0.3) is 11.5 Å². The van der Waals surface area contributed by atoms with Gasteiger partial charge in [-0.25, -0.2) is 9.78 Å². The number of amides is 2. The lowest BCUT2D eigenvalue weighted by Gasteiger charge is -2.38. The van der Waals surface area contributed by atoms with Crippen LogP contribution < -0.4 is 5.56 Å². The van der Waals surface area contributed by atoms with Crippen molar-refractivity contribution in [1.82, 2.24) is 19.8 Å². The van der Waals surface area contributed by atoms with Crippen LogP contribution in [0, 0.1) is 5.92 Å². The van der Waals surface area contributed by atoms with Crippen molar-refractivity contribution < 1.29 is 14.3 Å². The number of fused-ring (bicyclic) bond motifs is 1. The van der Waals surface area contributed by atoms with Crippen LogP contribution in [0.3, 0.4) is 0 Å². The molecule has 0 aliphatic carbocycles. The summed E-state index contributed by atoms with van der Waals surface area (Å²) in [7, 11) is 0. The van der Waals surface area contributed by atoms with Crippen molar-refractivity contribution in [1.29, 1.82) is 0 Å². The van der Waals surface area contributed by atoms with Crippen LogP contribution in [0.15, 0.2) is 29.1 Å². The lowest BCUT2D eigenvalue weighted by Crippen LogP contribution is -2.50. The molecule has 2 aromatic rings. The zero-order chi connectivity index (χ0) is 20.5. The number of carbonyl (C=O) groups is 2. The Morgan fingerprint density at radius 2 is 1.97 bits per heavy atom. The molecule has 0 unspecified atom stereocenters. The fourth-order valence-corrected chi connectivity index (χ4v) is 4.32. The molecular formula is C21H26N4O4. The third kappa shape index (κ3) is 3.83. The number of rotatable bonds is 4. The van der Waals surface area contributed by atoms with Gasteiger partial charge in [-0.15, -0.1) is 0 Å². The summed E-state index contributed by atoms with van der Waals surface area (Å²) >= 11 is 0. The first-order chi connectivity index (χ1) is 13.9. The summed E-state index contributed by atoms with van der Waals surface area (Å²) in [6, 6.07) is 7.30. The van der Waals surface area contributed by atoms with Crippen molar-refractivity contribution in [2.75, 3.05) is 19.7 Å². The Morgan fingerprint density at radius 3 is 2.69 bits per heavy atom. The minimum Gasteiger partial charge on any atom is -0.447 e. The van der Waals surface area contributed by atoms with Crippen LogP contribution in [0.4, 0.5) is 4.79 Å². The summed E-state index contributed by atoms with van der Waals surface area (Å²) < 4.78 is 5.28. The Morgan fingerprint density at radius 1 is 1.24 bits per heavy atom. The zero-order valence-corrected chi connectivity index (χ0v) is 16.8. The van der Waals surface area contributed by atoms with Gasteiger partial charge in [-0.05, 0) is 37.3 Å². The number of likely N-dealkylation sites (tertiary alicyclic amines) is 1. The molecule has 3 heterocycles. The monoisotopic (exact) mass is 398 g/mol. The minimum absolute atomic E-state index is 0.0562. The van der Waals surface area contributed by atoms with Gasteiger partial charge < -0.3 is 14.6 Å². The summed E-state index contributed by atoms with van der Waals surface area (Å²) in [5.41, 5.74) is 0.634. The Hall–Kier alpha value is -2.90. The average molecular weight is 398 g/mol. The van der Waals surface area contributed by atoms with Gasteiger partial charge in [0, 0.05) is 19.1 Å². The van der Waals surface area contributed by atoms with Crippen molar-refractivity contribution >= 4 is 23.0 Å². The maximum Gasteiger partial charge on any atom is 0.410 e. The molecule has 2 fully saturated rings. The van der Waals surface area contributed by atoms with Crippen LogP contribution in [0.25, 0.3) is 11.0 Å². The van der Waals surface area contributed by atoms with Crippen LogP contribution in [-0.4, -0.2) is 63.5 Å². The zero-order valence-electron chi connectivity index (χ0n) is 16.8. The predicted octanol–water partition coefficient (Wildman–Crippen LogP) is 2.39. The molecule has 0 radical (unpaired) electrons. The molecule has 154 valence electrons. The summed E-state index contributed by atoms with van der Waals surface area (Å²) in [6.45, 7) is 5.67. The second-order valence-corrected chi connectivity index (χ2v) is 8.22. The van der Waals surface area contributed by atoms with E-state index < -0.39 is 5.56 Å². The highest BCUT2D eigenvalue weighted by molar-refractivity contribution is 5.93. The highest BCUT2D eigenvalue weighted by Crippen LogP contribution is 2.27. The number of hydrogen-bond acceptors (Lipinski definition) is 5. The molecular weight excluding hydrogens is 372 g/mol. The maximum absolute atomic E-state index is 12.9. The second-order valence-electron chi connectivity index (χ2n) is 8.22. The quantitative estimate of drug-likeness (QED) is 0.853. The SMILES string of the molecule is CC(C)C[C@@H]1COC(=O)N1C1CCN(C(=O)c2nc3ccccc3[nH]c2=O)CC1. The number of benzene rings is 1. The van der Waals surface area contributed by atoms with E-state index in [0.29, 0.717) is 49.5 Å².